The largest absolute Gasteiger partial charge is 0.368 e. The predicted molar refractivity (Wildman–Crippen MR) is 51.6 cm³/mol. The third-order valence-electron chi connectivity index (χ3n) is 2.39. The molecule has 0 atom stereocenters. The van der Waals surface area contributed by atoms with E-state index in [0.29, 0.717) is 5.33 Å². The molecule has 0 amide bonds. The zero-order chi connectivity index (χ0) is 9.95. The second-order valence-electron chi connectivity index (χ2n) is 3.88. The fourth-order valence-electron chi connectivity index (χ4n) is 1.62. The van der Waals surface area contributed by atoms with E-state index < -0.39 is 12.5 Å². The summed E-state index contributed by atoms with van der Waals surface area (Å²) in [5.41, 5.74) is -0.320. The van der Waals surface area contributed by atoms with Crippen LogP contribution in [-0.4, -0.2) is 23.5 Å². The van der Waals surface area contributed by atoms with E-state index in [2.05, 4.69) is 15.9 Å². The van der Waals surface area contributed by atoms with Crippen LogP contribution in [0, 0.1) is 0 Å². The van der Waals surface area contributed by atoms with Gasteiger partial charge in [-0.05, 0) is 12.8 Å². The molecule has 0 radical (unpaired) electrons. The molecule has 0 aromatic rings. The lowest BCUT2D eigenvalue weighted by atomic mass is 10.1. The summed E-state index contributed by atoms with van der Waals surface area (Å²) in [4.78, 5) is 0. The number of hydrogen-bond donors (Lipinski definition) is 0. The summed E-state index contributed by atoms with van der Waals surface area (Å²) in [5, 5.41) is 0.663. The number of alkyl halides is 3. The van der Waals surface area contributed by atoms with Crippen LogP contribution in [0.2, 0.25) is 0 Å². The molecule has 13 heavy (non-hydrogen) atoms. The second-order valence-corrected chi connectivity index (χ2v) is 4.44. The van der Waals surface area contributed by atoms with Crippen LogP contribution in [0.1, 0.15) is 32.6 Å². The van der Waals surface area contributed by atoms with Crippen molar-refractivity contribution >= 4 is 15.9 Å². The van der Waals surface area contributed by atoms with Crippen LogP contribution in [0.4, 0.5) is 8.78 Å². The van der Waals surface area contributed by atoms with Crippen molar-refractivity contribution in [1.29, 1.82) is 0 Å². The smallest absolute Gasteiger partial charge is 0.268 e. The van der Waals surface area contributed by atoms with Crippen molar-refractivity contribution in [3.63, 3.8) is 0 Å². The maximum absolute atomic E-state index is 12.5. The van der Waals surface area contributed by atoms with E-state index in [-0.39, 0.29) is 5.60 Å². The molecule has 0 spiro atoms. The van der Waals surface area contributed by atoms with Gasteiger partial charge in [0.05, 0.1) is 5.60 Å². The van der Waals surface area contributed by atoms with Crippen molar-refractivity contribution in [2.75, 3.05) is 11.9 Å². The molecule has 0 heterocycles. The quantitative estimate of drug-likeness (QED) is 0.701. The SMILES string of the molecule is CC(F)(F)COC1(CBr)CCCC1. The van der Waals surface area contributed by atoms with Gasteiger partial charge >= 0.3 is 0 Å². The summed E-state index contributed by atoms with van der Waals surface area (Å²) in [7, 11) is 0. The van der Waals surface area contributed by atoms with Gasteiger partial charge in [-0.2, -0.15) is 0 Å². The molecule has 1 aliphatic rings. The van der Waals surface area contributed by atoms with Gasteiger partial charge < -0.3 is 4.74 Å². The minimum Gasteiger partial charge on any atom is -0.368 e. The lowest BCUT2D eigenvalue weighted by molar-refractivity contribution is -0.119. The third-order valence-corrected chi connectivity index (χ3v) is 3.41. The molecular formula is C9H15BrF2O. The van der Waals surface area contributed by atoms with Gasteiger partial charge in [0.1, 0.15) is 6.61 Å². The molecule has 78 valence electrons. The molecule has 4 heteroatoms. The standard InChI is InChI=1S/C9H15BrF2O/c1-8(11,12)7-13-9(6-10)4-2-3-5-9/h2-7H2,1H3. The normalized spacial score (nSPS) is 22.2. The molecule has 0 N–H and O–H groups in total. The summed E-state index contributed by atoms with van der Waals surface area (Å²) in [6, 6.07) is 0. The molecule has 1 nitrogen and oxygen atoms in total. The van der Waals surface area contributed by atoms with Crippen molar-refractivity contribution in [2.24, 2.45) is 0 Å². The monoisotopic (exact) mass is 256 g/mol. The molecule has 0 aromatic heterocycles. The molecule has 1 rings (SSSR count). The van der Waals surface area contributed by atoms with Gasteiger partial charge in [-0.25, -0.2) is 8.78 Å². The molecule has 0 saturated heterocycles. The van der Waals surface area contributed by atoms with Crippen LogP contribution >= 0.6 is 15.9 Å². The molecule has 0 aromatic carbocycles. The molecular weight excluding hydrogens is 242 g/mol. The molecule has 1 saturated carbocycles. The summed E-state index contributed by atoms with van der Waals surface area (Å²) in [6.45, 7) is 0.433. The Labute approximate surface area is 86.0 Å². The minimum atomic E-state index is -2.71. The fraction of sp³-hybridized carbons (Fsp3) is 1.00. The summed E-state index contributed by atoms with van der Waals surface area (Å²) in [5.74, 6) is -2.71. The average Bonchev–Trinajstić information content (AvgIpc) is 2.49. The highest BCUT2D eigenvalue weighted by atomic mass is 79.9. The zero-order valence-electron chi connectivity index (χ0n) is 7.78. The highest BCUT2D eigenvalue weighted by Gasteiger charge is 2.36. The number of rotatable bonds is 4. The van der Waals surface area contributed by atoms with Crippen molar-refractivity contribution in [3.05, 3.63) is 0 Å². The third kappa shape index (κ3) is 3.50. The first-order chi connectivity index (χ1) is 5.97. The van der Waals surface area contributed by atoms with Crippen molar-refractivity contribution in [3.8, 4) is 0 Å². The summed E-state index contributed by atoms with van der Waals surface area (Å²) >= 11 is 3.33. The average molecular weight is 257 g/mol. The number of hydrogen-bond acceptors (Lipinski definition) is 1. The van der Waals surface area contributed by atoms with Crippen LogP contribution < -0.4 is 0 Å². The van der Waals surface area contributed by atoms with Crippen LogP contribution in [0.5, 0.6) is 0 Å². The molecule has 1 fully saturated rings. The van der Waals surface area contributed by atoms with Crippen LogP contribution in [0.3, 0.4) is 0 Å². The van der Waals surface area contributed by atoms with Crippen molar-refractivity contribution < 1.29 is 13.5 Å². The maximum atomic E-state index is 12.5. The van der Waals surface area contributed by atoms with Crippen molar-refractivity contribution in [1.82, 2.24) is 0 Å². The van der Waals surface area contributed by atoms with E-state index in [1.54, 1.807) is 0 Å². The Balaban J connectivity index is 2.40. The first kappa shape index (κ1) is 11.4. The fourth-order valence-corrected chi connectivity index (χ4v) is 2.34. The Kier molecular flexibility index (Phi) is 3.69. The van der Waals surface area contributed by atoms with E-state index in [1.807, 2.05) is 0 Å². The molecule has 1 aliphatic carbocycles. The van der Waals surface area contributed by atoms with Gasteiger partial charge in [0.2, 0.25) is 0 Å². The van der Waals surface area contributed by atoms with Gasteiger partial charge in [-0.15, -0.1) is 0 Å². The Morgan fingerprint density at radius 1 is 1.38 bits per heavy atom. The first-order valence-electron chi connectivity index (χ1n) is 4.55. The predicted octanol–water partition coefficient (Wildman–Crippen LogP) is 3.37. The Morgan fingerprint density at radius 2 is 1.92 bits per heavy atom. The van der Waals surface area contributed by atoms with Gasteiger partial charge in [0.15, 0.2) is 0 Å². The van der Waals surface area contributed by atoms with Crippen LogP contribution in [0.15, 0.2) is 0 Å². The van der Waals surface area contributed by atoms with E-state index >= 15 is 0 Å². The van der Waals surface area contributed by atoms with Gasteiger partial charge in [0, 0.05) is 12.3 Å². The maximum Gasteiger partial charge on any atom is 0.268 e. The van der Waals surface area contributed by atoms with E-state index in [0.717, 1.165) is 32.6 Å². The zero-order valence-corrected chi connectivity index (χ0v) is 9.37. The van der Waals surface area contributed by atoms with E-state index in [4.69, 9.17) is 4.74 Å². The van der Waals surface area contributed by atoms with E-state index in [9.17, 15) is 8.78 Å². The van der Waals surface area contributed by atoms with Crippen LogP contribution in [0.25, 0.3) is 0 Å². The second kappa shape index (κ2) is 4.22. The number of ether oxygens (including phenoxy) is 1. The summed E-state index contributed by atoms with van der Waals surface area (Å²) in [6.07, 6.45) is 3.96. The van der Waals surface area contributed by atoms with Gasteiger partial charge in [-0.1, -0.05) is 28.8 Å². The van der Waals surface area contributed by atoms with Crippen molar-refractivity contribution in [2.45, 2.75) is 44.1 Å². The Bertz CT molecular complexity index is 161. The molecule has 0 aliphatic heterocycles. The van der Waals surface area contributed by atoms with Gasteiger partial charge in [0.25, 0.3) is 5.92 Å². The lowest BCUT2D eigenvalue weighted by Gasteiger charge is -2.28. The first-order valence-corrected chi connectivity index (χ1v) is 5.67. The topological polar surface area (TPSA) is 9.23 Å². The lowest BCUT2D eigenvalue weighted by Crippen LogP contribution is -2.35. The minimum absolute atomic E-state index is 0.320. The Hall–Kier alpha value is 0.300. The highest BCUT2D eigenvalue weighted by Crippen LogP contribution is 2.35. The number of halogens is 3. The molecule has 0 bridgehead atoms. The van der Waals surface area contributed by atoms with E-state index in [1.165, 1.54) is 0 Å². The Morgan fingerprint density at radius 3 is 2.31 bits per heavy atom. The highest BCUT2D eigenvalue weighted by molar-refractivity contribution is 9.09. The van der Waals surface area contributed by atoms with Gasteiger partial charge in [-0.3, -0.25) is 0 Å². The summed E-state index contributed by atoms with van der Waals surface area (Å²) < 4.78 is 30.4. The van der Waals surface area contributed by atoms with Crippen LogP contribution in [-0.2, 0) is 4.74 Å². The molecule has 0 unspecified atom stereocenters.